The number of nitrogen functional groups attached to an aromatic ring is 3. The van der Waals surface area contributed by atoms with E-state index in [0.717, 1.165) is 30.7 Å². The lowest BCUT2D eigenvalue weighted by atomic mass is 9.98. The minimum Gasteiger partial charge on any atom is -0.387 e. The molecule has 3 saturated heterocycles. The molecule has 16 N–H and O–H groups in total. The fraction of sp³-hybridized carbons (Fsp3) is 0.568. The molecule has 1 amide bonds. The monoisotopic (exact) mass is 1230 g/mol. The smallest absolute Gasteiger partial charge is 0.387 e. The highest BCUT2D eigenvalue weighted by molar-refractivity contribution is 7.66. The average Bonchev–Trinajstić information content (AvgIpc) is 4.45. The number of hydrogen-bond donors (Lipinski definition) is 13. The third-order valence-electron chi connectivity index (χ3n) is 12.8. The summed E-state index contributed by atoms with van der Waals surface area (Å²) < 4.78 is 111. The van der Waals surface area contributed by atoms with E-state index >= 15 is 0 Å². The number of rotatable bonds is 23. The number of nitrogens with one attached hydrogen (secondary N) is 3. The predicted octanol–water partition coefficient (Wildman–Crippen LogP) is -3.54. The van der Waals surface area contributed by atoms with Crippen molar-refractivity contribution in [1.82, 2.24) is 58.9 Å². The molecule has 0 bridgehead atoms. The summed E-state index contributed by atoms with van der Waals surface area (Å²) >= 11 is 0. The molecule has 44 heteroatoms. The van der Waals surface area contributed by atoms with Gasteiger partial charge in [-0.15, -0.1) is 0 Å². The highest BCUT2D eigenvalue weighted by atomic mass is 31.3. The number of phosphoric acid groups is 4. The summed E-state index contributed by atoms with van der Waals surface area (Å²) in [7, 11) is -21.0. The number of nitrogens with zero attached hydrogens (tertiary/aromatic N) is 10. The Morgan fingerprint density at radius 2 is 1.35 bits per heavy atom. The Morgan fingerprint density at radius 1 is 0.741 bits per heavy atom. The predicted molar refractivity (Wildman–Crippen MR) is 264 cm³/mol. The fourth-order valence-corrected chi connectivity index (χ4v) is 13.7. The summed E-state index contributed by atoms with van der Waals surface area (Å²) in [6.07, 6.45) is -12.8. The van der Waals surface area contributed by atoms with Gasteiger partial charge in [-0.05, 0) is 6.42 Å². The maximum Gasteiger partial charge on any atom is 0.490 e. The third kappa shape index (κ3) is 12.7. The average molecular weight is 1230 g/mol. The SMILES string of the molecule is CCCC(=O)NC[C@H]1[C@@H](O)[C@H]([n+]2cn(C)c3c(=O)[nH]c(N)nc32)O[C@@H]1COP(=O)(O)OP(=O)(O)OP(=O)(O)OC[C@H]1O[C@@H](n2cnc3c(N)ncnc32)[C@H](OC)[C@@H]1OP(=O)(O)OC[C@H]1O[C@@H](n2cnc3c(=O)[nH]c(N)nc32)[C@H](O)[C@@H]1O. The topological polar surface area (TPSA) is 571 Å². The van der Waals surface area contributed by atoms with E-state index in [0.29, 0.717) is 6.42 Å². The maximum absolute atomic E-state index is 13.8. The van der Waals surface area contributed by atoms with Gasteiger partial charge >= 0.3 is 36.9 Å². The zero-order valence-corrected chi connectivity index (χ0v) is 45.6. The van der Waals surface area contributed by atoms with Crippen molar-refractivity contribution >= 4 is 88.4 Å². The van der Waals surface area contributed by atoms with Gasteiger partial charge in [0.05, 0.1) is 45.6 Å². The standard InChI is InChI=1S/C37H52N16O24P4/c1-4-5-18(54)41-6-14-15(72-33(22(14)55)53-13-50(2)21-30(53)47-37(40)49-32(21)59)7-70-79(62,63)76-81(66,67)77-80(64,65)71-9-17-25(26(68-3)35(74-17)51-11-44-19-27(38)42-10-43-28(19)51)75-78(60,61)69-8-16-23(56)24(57)34(73-16)52-12-45-20-29(52)46-36(39)48-31(20)58/h10-17,22-26,33-35,55-57H,4-9H2,1-3H3,(H12-,38,39,40,41,42,43,46,47,48,49,54,58,59,60,61,62,63,64,65,66,67)/p+1/t14-,15-,16-,17-,22-,23-,24-,25-,26-,33-,34-,35-/m1/s1. The van der Waals surface area contributed by atoms with Gasteiger partial charge in [-0.25, -0.2) is 42.8 Å². The van der Waals surface area contributed by atoms with Crippen LogP contribution in [0.2, 0.25) is 0 Å². The number of H-pyrrole nitrogens is 2. The van der Waals surface area contributed by atoms with Crippen molar-refractivity contribution in [2.24, 2.45) is 13.0 Å². The molecule has 40 nitrogen and oxygen atoms in total. The molecule has 3 aliphatic heterocycles. The van der Waals surface area contributed by atoms with Crippen LogP contribution in [-0.2, 0) is 75.8 Å². The van der Waals surface area contributed by atoms with Crippen molar-refractivity contribution in [3.8, 4) is 0 Å². The summed E-state index contributed by atoms with van der Waals surface area (Å²) in [4.78, 5) is 109. The van der Waals surface area contributed by atoms with Gasteiger partial charge in [0.15, 0.2) is 41.4 Å². The number of amides is 1. The summed E-state index contributed by atoms with van der Waals surface area (Å²) in [5, 5.41) is 35.9. The van der Waals surface area contributed by atoms with Crippen LogP contribution in [0.3, 0.4) is 0 Å². The van der Waals surface area contributed by atoms with Gasteiger partial charge in [-0.3, -0.25) is 56.1 Å². The van der Waals surface area contributed by atoms with E-state index in [9.17, 15) is 67.5 Å². The van der Waals surface area contributed by atoms with Crippen LogP contribution in [0.4, 0.5) is 17.7 Å². The number of ether oxygens (including phenoxy) is 4. The molecular formula is C37H53N16O24P4+. The summed E-state index contributed by atoms with van der Waals surface area (Å²) in [5.41, 5.74) is 15.6. The molecule has 16 atom stereocenters. The number of aliphatic hydroxyl groups is 3. The number of nitrogens with two attached hydrogens (primary N) is 3. The van der Waals surface area contributed by atoms with Gasteiger partial charge < -0.3 is 76.4 Å². The number of anilines is 3. The number of aromatic amines is 2. The first-order chi connectivity index (χ1) is 38.1. The van der Waals surface area contributed by atoms with Crippen LogP contribution in [0.15, 0.2) is 34.9 Å². The van der Waals surface area contributed by atoms with Gasteiger partial charge in [0, 0.05) is 26.0 Å². The third-order valence-corrected chi connectivity index (χ3v) is 18.0. The second kappa shape index (κ2) is 23.2. The highest BCUT2D eigenvalue weighted by Crippen LogP contribution is 2.68. The first-order valence-electron chi connectivity index (χ1n) is 23.7. The Morgan fingerprint density at radius 3 is 2.02 bits per heavy atom. The van der Waals surface area contributed by atoms with E-state index in [1.54, 1.807) is 6.92 Å². The molecule has 6 aromatic heterocycles. The molecule has 3 aliphatic rings. The molecule has 3 fully saturated rings. The van der Waals surface area contributed by atoms with E-state index in [1.807, 2.05) is 0 Å². The Kier molecular flexibility index (Phi) is 17.2. The first kappa shape index (κ1) is 60.0. The molecule has 0 spiro atoms. The van der Waals surface area contributed by atoms with Crippen LogP contribution < -0.4 is 38.2 Å². The second-order valence-corrected chi connectivity index (χ2v) is 24.2. The minimum absolute atomic E-state index is 0.00207. The lowest BCUT2D eigenvalue weighted by Crippen LogP contribution is -2.46. The Labute approximate surface area is 451 Å². The van der Waals surface area contributed by atoms with Crippen LogP contribution in [0.5, 0.6) is 0 Å². The number of carbonyl (C=O) groups excluding carboxylic acids is 1. The van der Waals surface area contributed by atoms with Crippen LogP contribution in [-0.4, -0.2) is 177 Å². The van der Waals surface area contributed by atoms with E-state index < -0.39 is 142 Å². The number of aryl methyl sites for hydroxylation is 1. The number of fused-ring (bicyclic) bond motifs is 3. The lowest BCUT2D eigenvalue weighted by Gasteiger charge is -2.26. The summed E-state index contributed by atoms with van der Waals surface area (Å²) in [5.74, 6) is -2.30. The molecule has 0 aliphatic carbocycles. The van der Waals surface area contributed by atoms with Crippen molar-refractivity contribution in [2.75, 3.05) is 50.7 Å². The van der Waals surface area contributed by atoms with Crippen LogP contribution in [0, 0.1) is 5.92 Å². The molecule has 4 unspecified atom stereocenters. The molecule has 444 valence electrons. The lowest BCUT2D eigenvalue weighted by molar-refractivity contribution is -0.745. The number of carbonyl (C=O) groups is 1. The molecule has 0 radical (unpaired) electrons. The Balaban J connectivity index is 0.876. The number of phosphoric ester groups is 3. The van der Waals surface area contributed by atoms with Crippen LogP contribution in [0.25, 0.3) is 33.5 Å². The fourth-order valence-electron chi connectivity index (χ4n) is 9.18. The van der Waals surface area contributed by atoms with Crippen molar-refractivity contribution < 1.29 is 108 Å². The number of aliphatic hydroxyl groups excluding tert-OH is 3. The van der Waals surface area contributed by atoms with Crippen LogP contribution >= 0.6 is 31.3 Å². The Hall–Kier alpha value is -5.64. The molecule has 9 heterocycles. The van der Waals surface area contributed by atoms with Gasteiger partial charge in [0.25, 0.3) is 17.1 Å². The molecule has 0 aromatic carbocycles. The molecule has 0 saturated carbocycles. The zero-order valence-electron chi connectivity index (χ0n) is 42.0. The van der Waals surface area contributed by atoms with Crippen molar-refractivity contribution in [3.05, 3.63) is 46.0 Å². The first-order valence-corrected chi connectivity index (χ1v) is 29.7. The van der Waals surface area contributed by atoms with E-state index in [2.05, 4.69) is 53.8 Å². The second-order valence-electron chi connectivity index (χ2n) is 18.2. The maximum atomic E-state index is 13.8. The number of hydrogen-bond acceptors (Lipinski definition) is 29. The number of imidazole rings is 3. The quantitative estimate of drug-likeness (QED) is 0.0218. The Bertz CT molecular complexity index is 3660. The van der Waals surface area contributed by atoms with Gasteiger partial charge in [0.1, 0.15) is 54.6 Å². The van der Waals surface area contributed by atoms with E-state index in [-0.39, 0.29) is 64.2 Å². The van der Waals surface area contributed by atoms with Crippen molar-refractivity contribution in [2.45, 2.75) is 87.3 Å². The number of aromatic nitrogens is 12. The highest BCUT2D eigenvalue weighted by Gasteiger charge is 2.54. The van der Waals surface area contributed by atoms with Crippen LogP contribution in [0.1, 0.15) is 38.4 Å². The zero-order chi connectivity index (χ0) is 58.7. The largest absolute Gasteiger partial charge is 0.490 e. The minimum atomic E-state index is -6.23. The van der Waals surface area contributed by atoms with E-state index in [4.69, 9.17) is 54.2 Å². The summed E-state index contributed by atoms with van der Waals surface area (Å²) in [6, 6.07) is 0. The van der Waals surface area contributed by atoms with Gasteiger partial charge in [-0.1, -0.05) is 11.9 Å². The van der Waals surface area contributed by atoms with Crippen molar-refractivity contribution in [3.63, 3.8) is 0 Å². The summed E-state index contributed by atoms with van der Waals surface area (Å²) in [6.45, 7) is -1.87. The molecular weight excluding hydrogens is 1180 g/mol. The molecule has 6 aromatic rings. The van der Waals surface area contributed by atoms with Crippen molar-refractivity contribution in [1.29, 1.82) is 0 Å². The van der Waals surface area contributed by atoms with E-state index in [1.165, 1.54) is 27.1 Å². The normalized spacial score (nSPS) is 29.0. The molecule has 81 heavy (non-hydrogen) atoms. The number of methoxy groups -OCH3 is 1. The van der Waals surface area contributed by atoms with Gasteiger partial charge in [-0.2, -0.15) is 13.6 Å². The van der Waals surface area contributed by atoms with Gasteiger partial charge in [0.2, 0.25) is 23.6 Å². The molecule has 9 rings (SSSR count).